The summed E-state index contributed by atoms with van der Waals surface area (Å²) in [6.45, 7) is 1.70. The van der Waals surface area contributed by atoms with Crippen LogP contribution in [0.5, 0.6) is 0 Å². The van der Waals surface area contributed by atoms with Crippen LogP contribution in [0.25, 0.3) is 0 Å². The number of carboxylic acid groups (broad SMARTS) is 1. The zero-order valence-corrected chi connectivity index (χ0v) is 7.82. The lowest BCUT2D eigenvalue weighted by Crippen LogP contribution is -2.45. The van der Waals surface area contributed by atoms with E-state index in [-0.39, 0.29) is 13.0 Å². The molecule has 6 nitrogen and oxygen atoms in total. The second kappa shape index (κ2) is 4.08. The molecule has 1 aliphatic rings. The highest BCUT2D eigenvalue weighted by Gasteiger charge is 2.38. The van der Waals surface area contributed by atoms with Crippen LogP contribution in [0.3, 0.4) is 0 Å². The van der Waals surface area contributed by atoms with Crippen LogP contribution in [-0.4, -0.2) is 40.5 Å². The fourth-order valence-electron chi connectivity index (χ4n) is 1.39. The smallest absolute Gasteiger partial charge is 0.326 e. The number of carboxylic acids is 1. The Kier molecular flexibility index (Phi) is 3.06. The lowest BCUT2D eigenvalue weighted by atomic mass is 10.1. The van der Waals surface area contributed by atoms with Gasteiger partial charge in [-0.15, -0.1) is 0 Å². The van der Waals surface area contributed by atoms with Gasteiger partial charge in [-0.25, -0.2) is 14.5 Å². The van der Waals surface area contributed by atoms with Crippen molar-refractivity contribution in [2.75, 3.05) is 6.54 Å². The number of urea groups is 1. The minimum Gasteiger partial charge on any atom is -0.480 e. The number of carbonyl (C=O) groups excluding carboxylic acids is 2. The van der Waals surface area contributed by atoms with E-state index in [4.69, 9.17) is 5.11 Å². The molecule has 1 heterocycles. The minimum absolute atomic E-state index is 0.105. The SMILES string of the molecule is CCCC(C(=O)O)N1C(=O)CNC1=O. The van der Waals surface area contributed by atoms with Crippen molar-refractivity contribution in [1.29, 1.82) is 0 Å². The quantitative estimate of drug-likeness (QED) is 0.615. The first-order valence-corrected chi connectivity index (χ1v) is 4.40. The minimum atomic E-state index is -1.14. The number of carbonyl (C=O) groups is 3. The van der Waals surface area contributed by atoms with E-state index in [0.29, 0.717) is 6.42 Å². The van der Waals surface area contributed by atoms with Gasteiger partial charge < -0.3 is 10.4 Å². The Morgan fingerprint density at radius 2 is 2.29 bits per heavy atom. The third-order valence-corrected chi connectivity index (χ3v) is 2.04. The Hall–Kier alpha value is -1.59. The second-order valence-corrected chi connectivity index (χ2v) is 3.07. The van der Waals surface area contributed by atoms with Crippen molar-refractivity contribution >= 4 is 17.9 Å². The van der Waals surface area contributed by atoms with Crippen LogP contribution in [0.2, 0.25) is 0 Å². The van der Waals surface area contributed by atoms with Gasteiger partial charge in [0.05, 0.1) is 6.54 Å². The predicted octanol–water partition coefficient (Wildman–Crippen LogP) is -0.209. The van der Waals surface area contributed by atoms with Gasteiger partial charge in [0.1, 0.15) is 6.04 Å². The summed E-state index contributed by atoms with van der Waals surface area (Å²) < 4.78 is 0. The number of hydrogen-bond donors (Lipinski definition) is 2. The van der Waals surface area contributed by atoms with E-state index >= 15 is 0 Å². The van der Waals surface area contributed by atoms with Crippen LogP contribution < -0.4 is 5.32 Å². The molecule has 1 aliphatic heterocycles. The molecule has 1 unspecified atom stereocenters. The van der Waals surface area contributed by atoms with E-state index in [0.717, 1.165) is 4.90 Å². The third-order valence-electron chi connectivity index (χ3n) is 2.04. The molecule has 0 aromatic carbocycles. The number of nitrogens with one attached hydrogen (secondary N) is 1. The molecule has 1 rings (SSSR count). The van der Waals surface area contributed by atoms with E-state index in [9.17, 15) is 14.4 Å². The van der Waals surface area contributed by atoms with Gasteiger partial charge in [0.15, 0.2) is 0 Å². The highest BCUT2D eigenvalue weighted by molar-refractivity contribution is 6.04. The maximum Gasteiger partial charge on any atom is 0.326 e. The van der Waals surface area contributed by atoms with E-state index in [1.807, 2.05) is 0 Å². The molecule has 0 spiro atoms. The molecular weight excluding hydrogens is 188 g/mol. The topological polar surface area (TPSA) is 86.7 Å². The van der Waals surface area contributed by atoms with Crippen LogP contribution in [0.1, 0.15) is 19.8 Å². The van der Waals surface area contributed by atoms with Gasteiger partial charge in [0.2, 0.25) is 0 Å². The van der Waals surface area contributed by atoms with Gasteiger partial charge in [-0.1, -0.05) is 13.3 Å². The molecule has 14 heavy (non-hydrogen) atoms. The number of imide groups is 1. The van der Waals surface area contributed by atoms with Gasteiger partial charge >= 0.3 is 12.0 Å². The molecule has 78 valence electrons. The first kappa shape index (κ1) is 10.5. The Bertz CT molecular complexity index is 261. The van der Waals surface area contributed by atoms with Crippen LogP contribution in [0.4, 0.5) is 4.79 Å². The van der Waals surface area contributed by atoms with Crippen molar-refractivity contribution in [2.24, 2.45) is 0 Å². The molecule has 0 bridgehead atoms. The van der Waals surface area contributed by atoms with Crippen LogP contribution >= 0.6 is 0 Å². The Labute approximate surface area is 80.9 Å². The normalized spacial score (nSPS) is 18.2. The number of hydrogen-bond acceptors (Lipinski definition) is 3. The van der Waals surface area contributed by atoms with Gasteiger partial charge in [-0.3, -0.25) is 4.79 Å². The third kappa shape index (κ3) is 1.84. The van der Waals surface area contributed by atoms with Gasteiger partial charge in [-0.2, -0.15) is 0 Å². The van der Waals surface area contributed by atoms with E-state index in [2.05, 4.69) is 5.32 Å². The molecule has 6 heteroatoms. The Morgan fingerprint density at radius 1 is 1.64 bits per heavy atom. The zero-order chi connectivity index (χ0) is 10.7. The molecule has 0 aromatic heterocycles. The summed E-state index contributed by atoms with van der Waals surface area (Å²) in [5.74, 6) is -1.62. The van der Waals surface area contributed by atoms with Crippen LogP contribution in [0, 0.1) is 0 Å². The monoisotopic (exact) mass is 200 g/mol. The average Bonchev–Trinajstić information content (AvgIpc) is 2.43. The summed E-state index contributed by atoms with van der Waals surface area (Å²) >= 11 is 0. The molecule has 1 saturated heterocycles. The summed E-state index contributed by atoms with van der Waals surface area (Å²) in [5.41, 5.74) is 0. The second-order valence-electron chi connectivity index (χ2n) is 3.07. The molecule has 1 fully saturated rings. The fourth-order valence-corrected chi connectivity index (χ4v) is 1.39. The number of rotatable bonds is 4. The zero-order valence-electron chi connectivity index (χ0n) is 7.82. The van der Waals surface area contributed by atoms with Crippen LogP contribution in [-0.2, 0) is 9.59 Å². The molecule has 0 aliphatic carbocycles. The van der Waals surface area contributed by atoms with E-state index in [1.54, 1.807) is 6.92 Å². The fraction of sp³-hybridized carbons (Fsp3) is 0.625. The molecular formula is C8H12N2O4. The molecule has 3 amide bonds. The van der Waals surface area contributed by atoms with Crippen LogP contribution in [0.15, 0.2) is 0 Å². The van der Waals surface area contributed by atoms with Crippen molar-refractivity contribution in [3.63, 3.8) is 0 Å². The lowest BCUT2D eigenvalue weighted by molar-refractivity contribution is -0.146. The number of aliphatic carboxylic acids is 1. The number of amides is 3. The highest BCUT2D eigenvalue weighted by atomic mass is 16.4. The summed E-state index contributed by atoms with van der Waals surface area (Å²) in [7, 11) is 0. The number of nitrogens with zero attached hydrogens (tertiary/aromatic N) is 1. The highest BCUT2D eigenvalue weighted by Crippen LogP contribution is 2.11. The molecule has 0 saturated carbocycles. The Morgan fingerprint density at radius 3 is 2.64 bits per heavy atom. The summed E-state index contributed by atoms with van der Waals surface area (Å²) in [6.07, 6.45) is 0.891. The van der Waals surface area contributed by atoms with E-state index in [1.165, 1.54) is 0 Å². The van der Waals surface area contributed by atoms with Crippen molar-refractivity contribution in [3.8, 4) is 0 Å². The Balaban J connectivity index is 2.81. The van der Waals surface area contributed by atoms with Gasteiger partial charge in [0, 0.05) is 0 Å². The standard InChI is InChI=1S/C8H12N2O4/c1-2-3-5(7(12)13)10-6(11)4-9-8(10)14/h5H,2-4H2,1H3,(H,9,14)(H,12,13). The van der Waals surface area contributed by atoms with E-state index < -0.39 is 23.9 Å². The van der Waals surface area contributed by atoms with Crippen molar-refractivity contribution in [1.82, 2.24) is 10.2 Å². The predicted molar refractivity (Wildman–Crippen MR) is 46.6 cm³/mol. The van der Waals surface area contributed by atoms with Gasteiger partial charge in [-0.05, 0) is 6.42 Å². The first-order valence-electron chi connectivity index (χ1n) is 4.40. The molecule has 1 atom stereocenters. The maximum absolute atomic E-state index is 11.2. The molecule has 0 aromatic rings. The largest absolute Gasteiger partial charge is 0.480 e. The van der Waals surface area contributed by atoms with Crippen molar-refractivity contribution in [3.05, 3.63) is 0 Å². The first-order chi connectivity index (χ1) is 6.57. The van der Waals surface area contributed by atoms with Crippen molar-refractivity contribution in [2.45, 2.75) is 25.8 Å². The average molecular weight is 200 g/mol. The molecule has 0 radical (unpaired) electrons. The molecule has 2 N–H and O–H groups in total. The summed E-state index contributed by atoms with van der Waals surface area (Å²) in [6, 6.07) is -1.65. The lowest BCUT2D eigenvalue weighted by Gasteiger charge is -2.20. The van der Waals surface area contributed by atoms with Gasteiger partial charge in [0.25, 0.3) is 5.91 Å². The van der Waals surface area contributed by atoms with Crippen molar-refractivity contribution < 1.29 is 19.5 Å². The summed E-state index contributed by atoms with van der Waals surface area (Å²) in [5, 5.41) is 11.1. The maximum atomic E-state index is 11.2. The summed E-state index contributed by atoms with van der Waals surface area (Å²) in [4.78, 5) is 33.9.